The Bertz CT molecular complexity index is 465. The molecular formula is C15H21ClN2O. The zero-order valence-corrected chi connectivity index (χ0v) is 12.0. The first kappa shape index (κ1) is 13.2. The molecule has 2 aliphatic rings. The topological polar surface area (TPSA) is 47.3 Å². The van der Waals surface area contributed by atoms with Gasteiger partial charge in [-0.3, -0.25) is 11.3 Å². The monoisotopic (exact) mass is 280 g/mol. The van der Waals surface area contributed by atoms with Crippen molar-refractivity contribution < 1.29 is 4.74 Å². The van der Waals surface area contributed by atoms with Crippen LogP contribution in [0.15, 0.2) is 18.2 Å². The molecule has 2 bridgehead atoms. The molecule has 0 spiro atoms. The highest BCUT2D eigenvalue weighted by molar-refractivity contribution is 6.32. The molecule has 2 saturated carbocycles. The van der Waals surface area contributed by atoms with Gasteiger partial charge in [-0.25, -0.2) is 0 Å². The minimum Gasteiger partial charge on any atom is -0.495 e. The Balaban J connectivity index is 1.86. The summed E-state index contributed by atoms with van der Waals surface area (Å²) >= 11 is 6.09. The van der Waals surface area contributed by atoms with Gasteiger partial charge in [0.15, 0.2) is 0 Å². The number of hydrazine groups is 1. The van der Waals surface area contributed by atoms with E-state index in [0.717, 1.165) is 17.6 Å². The van der Waals surface area contributed by atoms with Gasteiger partial charge >= 0.3 is 0 Å². The van der Waals surface area contributed by atoms with Crippen LogP contribution in [0.5, 0.6) is 5.75 Å². The summed E-state index contributed by atoms with van der Waals surface area (Å²) in [4.78, 5) is 0. The van der Waals surface area contributed by atoms with Gasteiger partial charge in [-0.1, -0.05) is 24.1 Å². The van der Waals surface area contributed by atoms with Crippen molar-refractivity contribution in [1.82, 2.24) is 5.43 Å². The predicted molar refractivity (Wildman–Crippen MR) is 77.0 cm³/mol. The van der Waals surface area contributed by atoms with Crippen molar-refractivity contribution in [2.45, 2.75) is 31.7 Å². The van der Waals surface area contributed by atoms with Crippen molar-refractivity contribution in [3.05, 3.63) is 28.8 Å². The molecule has 3 nitrogen and oxygen atoms in total. The molecule has 0 saturated heterocycles. The Labute approximate surface area is 119 Å². The maximum absolute atomic E-state index is 6.09. The summed E-state index contributed by atoms with van der Waals surface area (Å²) in [5.41, 5.74) is 4.20. The van der Waals surface area contributed by atoms with E-state index in [-0.39, 0.29) is 6.04 Å². The fraction of sp³-hybridized carbons (Fsp3) is 0.600. The van der Waals surface area contributed by atoms with E-state index in [4.69, 9.17) is 22.2 Å². The lowest BCUT2D eigenvalue weighted by molar-refractivity contribution is 0.251. The van der Waals surface area contributed by atoms with Crippen LogP contribution in [-0.4, -0.2) is 7.11 Å². The van der Waals surface area contributed by atoms with E-state index in [2.05, 4.69) is 11.5 Å². The molecule has 2 fully saturated rings. The highest BCUT2D eigenvalue weighted by Crippen LogP contribution is 2.52. The van der Waals surface area contributed by atoms with Crippen LogP contribution in [0.25, 0.3) is 0 Å². The number of methoxy groups -OCH3 is 1. The summed E-state index contributed by atoms with van der Waals surface area (Å²) in [6, 6.07) is 6.18. The lowest BCUT2D eigenvalue weighted by Gasteiger charge is -2.30. The first-order valence-corrected chi connectivity index (χ1v) is 7.40. The quantitative estimate of drug-likeness (QED) is 0.657. The van der Waals surface area contributed by atoms with Gasteiger partial charge in [0, 0.05) is 6.04 Å². The van der Waals surface area contributed by atoms with Crippen molar-refractivity contribution in [2.24, 2.45) is 23.6 Å². The van der Waals surface area contributed by atoms with Gasteiger partial charge in [-0.05, 0) is 54.7 Å². The largest absolute Gasteiger partial charge is 0.495 e. The molecule has 4 atom stereocenters. The summed E-state index contributed by atoms with van der Waals surface area (Å²) in [5.74, 6) is 8.94. The highest BCUT2D eigenvalue weighted by Gasteiger charge is 2.43. The first-order chi connectivity index (χ1) is 9.22. The summed E-state index contributed by atoms with van der Waals surface area (Å²) in [7, 11) is 1.65. The number of hydrogen-bond acceptors (Lipinski definition) is 3. The number of ether oxygens (including phenoxy) is 1. The Kier molecular flexibility index (Phi) is 3.70. The fourth-order valence-corrected chi connectivity index (χ4v) is 4.23. The van der Waals surface area contributed by atoms with Crippen molar-refractivity contribution in [1.29, 1.82) is 0 Å². The molecule has 3 N–H and O–H groups in total. The third kappa shape index (κ3) is 2.35. The second-order valence-corrected chi connectivity index (χ2v) is 6.28. The molecule has 104 valence electrons. The smallest absolute Gasteiger partial charge is 0.137 e. The summed E-state index contributed by atoms with van der Waals surface area (Å²) in [5, 5.41) is 0.648. The second kappa shape index (κ2) is 5.31. The van der Waals surface area contributed by atoms with Crippen LogP contribution in [0.4, 0.5) is 0 Å². The summed E-state index contributed by atoms with van der Waals surface area (Å²) < 4.78 is 5.30. The number of benzene rings is 1. The van der Waals surface area contributed by atoms with Crippen molar-refractivity contribution in [3.8, 4) is 5.75 Å². The molecule has 0 heterocycles. The zero-order valence-electron chi connectivity index (χ0n) is 11.2. The standard InChI is InChI=1S/C15H21ClN2O/c1-19-14-8-11(4-5-13(14)16)15(18-17)12-7-9-2-3-10(12)6-9/h4-5,8-10,12,15,18H,2-3,6-7,17H2,1H3. The van der Waals surface area contributed by atoms with E-state index in [1.54, 1.807) is 7.11 Å². The molecule has 1 aromatic rings. The van der Waals surface area contributed by atoms with Crippen LogP contribution in [0.3, 0.4) is 0 Å². The Morgan fingerprint density at radius 2 is 2.21 bits per heavy atom. The van der Waals surface area contributed by atoms with Gasteiger partial charge < -0.3 is 4.74 Å². The first-order valence-electron chi connectivity index (χ1n) is 7.02. The minimum atomic E-state index is 0.210. The summed E-state index contributed by atoms with van der Waals surface area (Å²) in [6.07, 6.45) is 5.44. The van der Waals surface area contributed by atoms with E-state index in [1.807, 2.05) is 12.1 Å². The van der Waals surface area contributed by atoms with Crippen molar-refractivity contribution >= 4 is 11.6 Å². The Hall–Kier alpha value is -0.770. The lowest BCUT2D eigenvalue weighted by Crippen LogP contribution is -2.35. The number of nitrogens with two attached hydrogens (primary N) is 1. The number of fused-ring (bicyclic) bond motifs is 2. The Morgan fingerprint density at radius 3 is 2.79 bits per heavy atom. The van der Waals surface area contributed by atoms with Gasteiger partial charge in [-0.15, -0.1) is 0 Å². The number of halogens is 1. The zero-order chi connectivity index (χ0) is 13.4. The molecule has 2 aliphatic carbocycles. The van der Waals surface area contributed by atoms with E-state index < -0.39 is 0 Å². The third-order valence-electron chi connectivity index (χ3n) is 4.93. The fourth-order valence-electron chi connectivity index (χ4n) is 4.04. The number of rotatable bonds is 4. The normalized spacial score (nSPS) is 30.6. The number of hydrogen-bond donors (Lipinski definition) is 2. The van der Waals surface area contributed by atoms with Crippen molar-refractivity contribution in [2.75, 3.05) is 7.11 Å². The van der Waals surface area contributed by atoms with Crippen LogP contribution >= 0.6 is 11.6 Å². The van der Waals surface area contributed by atoms with Crippen LogP contribution in [0.2, 0.25) is 5.02 Å². The lowest BCUT2D eigenvalue weighted by atomic mass is 9.81. The molecule has 19 heavy (non-hydrogen) atoms. The van der Waals surface area contributed by atoms with Gasteiger partial charge in [0.05, 0.1) is 12.1 Å². The Morgan fingerprint density at radius 1 is 1.37 bits per heavy atom. The minimum absolute atomic E-state index is 0.210. The maximum atomic E-state index is 6.09. The van der Waals surface area contributed by atoms with Gasteiger partial charge in [-0.2, -0.15) is 0 Å². The predicted octanol–water partition coefficient (Wildman–Crippen LogP) is 3.29. The summed E-state index contributed by atoms with van der Waals surface area (Å²) in [6.45, 7) is 0. The molecule has 0 aliphatic heterocycles. The van der Waals surface area contributed by atoms with Crippen LogP contribution < -0.4 is 16.0 Å². The van der Waals surface area contributed by atoms with Gasteiger partial charge in [0.1, 0.15) is 5.75 Å². The van der Waals surface area contributed by atoms with E-state index in [1.165, 1.54) is 31.2 Å². The number of nitrogens with one attached hydrogen (secondary N) is 1. The average Bonchev–Trinajstić information content (AvgIpc) is 3.04. The van der Waals surface area contributed by atoms with Gasteiger partial charge in [0.2, 0.25) is 0 Å². The third-order valence-corrected chi connectivity index (χ3v) is 5.25. The average molecular weight is 281 g/mol. The van der Waals surface area contributed by atoms with E-state index in [9.17, 15) is 0 Å². The molecule has 4 heteroatoms. The molecule has 0 radical (unpaired) electrons. The van der Waals surface area contributed by atoms with Crippen LogP contribution in [0.1, 0.15) is 37.3 Å². The molecular weight excluding hydrogens is 260 g/mol. The molecule has 4 unspecified atom stereocenters. The van der Waals surface area contributed by atoms with Crippen LogP contribution in [-0.2, 0) is 0 Å². The van der Waals surface area contributed by atoms with E-state index in [0.29, 0.717) is 10.9 Å². The highest BCUT2D eigenvalue weighted by atomic mass is 35.5. The van der Waals surface area contributed by atoms with Gasteiger partial charge in [0.25, 0.3) is 0 Å². The van der Waals surface area contributed by atoms with Crippen molar-refractivity contribution in [3.63, 3.8) is 0 Å². The molecule has 3 rings (SSSR count). The van der Waals surface area contributed by atoms with Crippen LogP contribution in [0, 0.1) is 17.8 Å². The second-order valence-electron chi connectivity index (χ2n) is 5.88. The molecule has 1 aromatic carbocycles. The SMILES string of the molecule is COc1cc(C(NN)C2CC3CCC2C3)ccc1Cl. The molecule has 0 amide bonds. The molecule has 0 aromatic heterocycles. The van der Waals surface area contributed by atoms with E-state index >= 15 is 0 Å². The maximum Gasteiger partial charge on any atom is 0.137 e.